The molecule has 0 radical (unpaired) electrons. The van der Waals surface area contributed by atoms with Crippen molar-refractivity contribution in [3.63, 3.8) is 0 Å². The molecule has 2 aromatic carbocycles. The Morgan fingerprint density at radius 1 is 1.09 bits per heavy atom. The molecule has 2 heterocycles. The zero-order valence-corrected chi connectivity index (χ0v) is 12.6. The second kappa shape index (κ2) is 4.87. The molecule has 0 amide bonds. The average Bonchev–Trinajstić information content (AvgIpc) is 2.93. The van der Waals surface area contributed by atoms with Crippen LogP contribution in [-0.2, 0) is 0 Å². The van der Waals surface area contributed by atoms with Gasteiger partial charge in [0, 0.05) is 10.4 Å². The molecule has 0 unspecified atom stereocenters. The van der Waals surface area contributed by atoms with Gasteiger partial charge < -0.3 is 4.42 Å². The second-order valence-electron chi connectivity index (χ2n) is 4.79. The predicted octanol–water partition coefficient (Wildman–Crippen LogP) is 4.44. The van der Waals surface area contributed by atoms with Gasteiger partial charge >= 0.3 is 5.63 Å². The molecule has 4 nitrogen and oxygen atoms in total. The first-order valence-corrected chi connectivity index (χ1v) is 7.25. The molecular formula is C16H8Cl2N2O2. The van der Waals surface area contributed by atoms with E-state index in [1.165, 1.54) is 0 Å². The van der Waals surface area contributed by atoms with Gasteiger partial charge in [0.2, 0.25) is 0 Å². The first kappa shape index (κ1) is 13.4. The van der Waals surface area contributed by atoms with E-state index in [2.05, 4.69) is 4.98 Å². The number of hydrogen-bond donors (Lipinski definition) is 0. The quantitative estimate of drug-likeness (QED) is 0.485. The van der Waals surface area contributed by atoms with E-state index in [1.54, 1.807) is 35.2 Å². The van der Waals surface area contributed by atoms with Crippen LogP contribution in [-0.4, -0.2) is 9.55 Å². The number of para-hydroxylation sites is 1. The third-order valence-corrected chi connectivity index (χ3v) is 4.01. The summed E-state index contributed by atoms with van der Waals surface area (Å²) in [6, 6.07) is 12.5. The summed E-state index contributed by atoms with van der Waals surface area (Å²) in [5.74, 6) is 0. The van der Waals surface area contributed by atoms with Crippen LogP contribution in [0.2, 0.25) is 10.0 Å². The van der Waals surface area contributed by atoms with Crippen molar-refractivity contribution in [2.45, 2.75) is 0 Å². The minimum atomic E-state index is -0.475. The Kier molecular flexibility index (Phi) is 2.96. The van der Waals surface area contributed by atoms with Crippen LogP contribution >= 0.6 is 23.2 Å². The maximum atomic E-state index is 12.1. The number of hydrogen-bond acceptors (Lipinski definition) is 3. The first-order chi connectivity index (χ1) is 10.6. The van der Waals surface area contributed by atoms with E-state index >= 15 is 0 Å². The highest BCUT2D eigenvalue weighted by molar-refractivity contribution is 6.35. The van der Waals surface area contributed by atoms with E-state index in [-0.39, 0.29) is 5.52 Å². The van der Waals surface area contributed by atoms with Gasteiger partial charge in [0.15, 0.2) is 5.52 Å². The molecule has 0 bridgehead atoms. The van der Waals surface area contributed by atoms with Gasteiger partial charge in [0.1, 0.15) is 11.9 Å². The summed E-state index contributed by atoms with van der Waals surface area (Å²) in [5, 5.41) is 1.81. The highest BCUT2D eigenvalue weighted by Gasteiger charge is 2.15. The topological polar surface area (TPSA) is 48.0 Å². The molecule has 4 rings (SSSR count). The van der Waals surface area contributed by atoms with Crippen molar-refractivity contribution in [3.8, 4) is 5.69 Å². The summed E-state index contributed by atoms with van der Waals surface area (Å²) in [5.41, 5.74) is 1.66. The Morgan fingerprint density at radius 3 is 2.73 bits per heavy atom. The van der Waals surface area contributed by atoms with Gasteiger partial charge in [-0.2, -0.15) is 0 Å². The Morgan fingerprint density at radius 2 is 1.91 bits per heavy atom. The van der Waals surface area contributed by atoms with Crippen LogP contribution in [0, 0.1) is 0 Å². The van der Waals surface area contributed by atoms with Gasteiger partial charge in [-0.3, -0.25) is 4.57 Å². The normalized spacial score (nSPS) is 11.4. The fraction of sp³-hybridized carbons (Fsp3) is 0. The summed E-state index contributed by atoms with van der Waals surface area (Å²) in [6.45, 7) is 0. The van der Waals surface area contributed by atoms with E-state index in [9.17, 15) is 4.79 Å². The van der Waals surface area contributed by atoms with Crippen LogP contribution in [0.4, 0.5) is 0 Å². The summed E-state index contributed by atoms with van der Waals surface area (Å²) in [6.07, 6.45) is 1.56. The van der Waals surface area contributed by atoms with Crippen LogP contribution in [0.25, 0.3) is 27.7 Å². The lowest BCUT2D eigenvalue weighted by molar-refractivity contribution is 0.568. The van der Waals surface area contributed by atoms with Crippen LogP contribution in [0.3, 0.4) is 0 Å². The van der Waals surface area contributed by atoms with Crippen LogP contribution in [0.1, 0.15) is 0 Å². The predicted molar refractivity (Wildman–Crippen MR) is 87.1 cm³/mol. The van der Waals surface area contributed by atoms with Crippen molar-refractivity contribution in [2.24, 2.45) is 0 Å². The number of benzene rings is 2. The molecule has 0 atom stereocenters. The number of aromatic nitrogens is 2. The largest absolute Gasteiger partial charge is 0.421 e. The first-order valence-electron chi connectivity index (χ1n) is 6.49. The molecule has 0 aliphatic heterocycles. The van der Waals surface area contributed by atoms with Gasteiger partial charge in [-0.15, -0.1) is 0 Å². The van der Waals surface area contributed by atoms with E-state index in [0.717, 1.165) is 5.39 Å². The summed E-state index contributed by atoms with van der Waals surface area (Å²) >= 11 is 12.2. The SMILES string of the molecule is O=c1oc2ccccc2c2c1ncn2-c1ccc(Cl)cc1Cl. The van der Waals surface area contributed by atoms with E-state index in [1.807, 2.05) is 18.2 Å². The lowest BCUT2D eigenvalue weighted by atomic mass is 10.2. The van der Waals surface area contributed by atoms with Gasteiger partial charge in [0.05, 0.1) is 16.2 Å². The standard InChI is InChI=1S/C16H8Cl2N2O2/c17-9-5-6-12(11(18)7-9)20-8-19-14-15(20)10-3-1-2-4-13(10)22-16(14)21/h1-8H. The van der Waals surface area contributed by atoms with Crippen LogP contribution < -0.4 is 5.63 Å². The third-order valence-electron chi connectivity index (χ3n) is 3.47. The van der Waals surface area contributed by atoms with E-state index in [0.29, 0.717) is 26.8 Å². The Balaban J connectivity index is 2.17. The molecule has 6 heteroatoms. The van der Waals surface area contributed by atoms with Gasteiger partial charge in [-0.05, 0) is 30.3 Å². The molecule has 4 aromatic rings. The number of nitrogens with zero attached hydrogens (tertiary/aromatic N) is 2. The van der Waals surface area contributed by atoms with E-state index in [4.69, 9.17) is 27.6 Å². The maximum Gasteiger partial charge on any atom is 0.364 e. The van der Waals surface area contributed by atoms with Crippen molar-refractivity contribution in [3.05, 3.63) is 69.3 Å². The molecule has 0 N–H and O–H groups in total. The van der Waals surface area contributed by atoms with Crippen molar-refractivity contribution in [2.75, 3.05) is 0 Å². The smallest absolute Gasteiger partial charge is 0.364 e. The molecule has 0 spiro atoms. The maximum absolute atomic E-state index is 12.1. The fourth-order valence-electron chi connectivity index (χ4n) is 2.51. The number of fused-ring (bicyclic) bond motifs is 3. The van der Waals surface area contributed by atoms with Gasteiger partial charge in [0.25, 0.3) is 0 Å². The van der Waals surface area contributed by atoms with Crippen LogP contribution in [0.15, 0.2) is 58.0 Å². The number of halogens is 2. The minimum absolute atomic E-state index is 0.268. The molecule has 0 aliphatic carbocycles. The zero-order valence-electron chi connectivity index (χ0n) is 11.1. The lowest BCUT2D eigenvalue weighted by Crippen LogP contribution is -2.01. The van der Waals surface area contributed by atoms with Crippen molar-refractivity contribution in [1.82, 2.24) is 9.55 Å². The lowest BCUT2D eigenvalue weighted by Gasteiger charge is -2.08. The summed E-state index contributed by atoms with van der Waals surface area (Å²) < 4.78 is 7.06. The third kappa shape index (κ3) is 1.92. The monoisotopic (exact) mass is 330 g/mol. The van der Waals surface area contributed by atoms with Crippen molar-refractivity contribution in [1.29, 1.82) is 0 Å². The molecule has 0 saturated heterocycles. The molecule has 108 valence electrons. The summed E-state index contributed by atoms with van der Waals surface area (Å²) in [4.78, 5) is 16.3. The Labute approximate surface area is 134 Å². The minimum Gasteiger partial charge on any atom is -0.421 e. The van der Waals surface area contributed by atoms with Gasteiger partial charge in [-0.1, -0.05) is 35.3 Å². The van der Waals surface area contributed by atoms with E-state index < -0.39 is 5.63 Å². The number of imidazole rings is 1. The Hall–Kier alpha value is -2.30. The zero-order chi connectivity index (χ0) is 15.3. The van der Waals surface area contributed by atoms with Crippen LogP contribution in [0.5, 0.6) is 0 Å². The highest BCUT2D eigenvalue weighted by atomic mass is 35.5. The van der Waals surface area contributed by atoms with Crippen molar-refractivity contribution >= 4 is 45.2 Å². The van der Waals surface area contributed by atoms with Gasteiger partial charge in [-0.25, -0.2) is 9.78 Å². The molecule has 0 fully saturated rings. The summed E-state index contributed by atoms with van der Waals surface area (Å²) in [7, 11) is 0. The average molecular weight is 331 g/mol. The number of rotatable bonds is 1. The highest BCUT2D eigenvalue weighted by Crippen LogP contribution is 2.29. The molecule has 0 aliphatic rings. The molecule has 2 aromatic heterocycles. The molecule has 0 saturated carbocycles. The molecular weight excluding hydrogens is 323 g/mol. The molecule has 22 heavy (non-hydrogen) atoms. The Bertz CT molecular complexity index is 1080. The fourth-order valence-corrected chi connectivity index (χ4v) is 3.01. The second-order valence-corrected chi connectivity index (χ2v) is 5.64. The van der Waals surface area contributed by atoms with Crippen molar-refractivity contribution < 1.29 is 4.42 Å².